The van der Waals surface area contributed by atoms with E-state index in [9.17, 15) is 4.79 Å². The van der Waals surface area contributed by atoms with E-state index < -0.39 is 0 Å². The second-order valence-corrected chi connectivity index (χ2v) is 7.37. The number of carbonyl (C=O) groups excluding carboxylic acids is 1. The SMILES string of the molecule is Cc1cc2c(c3c1C(C(C)(C)C)CC3=O)CCCC2. The highest BCUT2D eigenvalue weighted by Crippen LogP contribution is 2.48. The Morgan fingerprint density at radius 1 is 1.16 bits per heavy atom. The molecule has 2 aliphatic rings. The number of benzene rings is 1. The summed E-state index contributed by atoms with van der Waals surface area (Å²) in [4.78, 5) is 12.5. The lowest BCUT2D eigenvalue weighted by atomic mass is 9.75. The maximum absolute atomic E-state index is 12.5. The molecule has 0 bridgehead atoms. The van der Waals surface area contributed by atoms with Gasteiger partial charge in [-0.25, -0.2) is 0 Å². The summed E-state index contributed by atoms with van der Waals surface area (Å²) in [6.07, 6.45) is 5.52. The van der Waals surface area contributed by atoms with Crippen LogP contribution in [-0.2, 0) is 12.8 Å². The molecule has 1 atom stereocenters. The van der Waals surface area contributed by atoms with E-state index >= 15 is 0 Å². The predicted octanol–water partition coefficient (Wildman–Crippen LogP) is 4.59. The molecule has 0 aliphatic heterocycles. The van der Waals surface area contributed by atoms with Crippen molar-refractivity contribution in [1.82, 2.24) is 0 Å². The number of rotatable bonds is 0. The molecule has 1 heteroatoms. The second kappa shape index (κ2) is 4.19. The minimum absolute atomic E-state index is 0.175. The van der Waals surface area contributed by atoms with Crippen molar-refractivity contribution in [2.75, 3.05) is 0 Å². The highest BCUT2D eigenvalue weighted by Gasteiger charge is 2.40. The van der Waals surface area contributed by atoms with E-state index in [0.29, 0.717) is 11.7 Å². The summed E-state index contributed by atoms with van der Waals surface area (Å²) in [7, 11) is 0. The molecule has 1 aromatic carbocycles. The first-order chi connectivity index (χ1) is 8.89. The van der Waals surface area contributed by atoms with Crippen molar-refractivity contribution >= 4 is 5.78 Å². The lowest BCUT2D eigenvalue weighted by Crippen LogP contribution is -2.17. The van der Waals surface area contributed by atoms with Crippen molar-refractivity contribution in [2.24, 2.45) is 5.41 Å². The van der Waals surface area contributed by atoms with Gasteiger partial charge in [0.2, 0.25) is 0 Å². The van der Waals surface area contributed by atoms with Crippen LogP contribution in [0.1, 0.15) is 78.6 Å². The van der Waals surface area contributed by atoms with Crippen LogP contribution >= 0.6 is 0 Å². The van der Waals surface area contributed by atoms with Crippen LogP contribution in [-0.4, -0.2) is 5.78 Å². The first kappa shape index (κ1) is 12.9. The van der Waals surface area contributed by atoms with Crippen LogP contribution in [0.5, 0.6) is 0 Å². The van der Waals surface area contributed by atoms with Gasteiger partial charge in [-0.1, -0.05) is 26.8 Å². The summed E-state index contributed by atoms with van der Waals surface area (Å²) in [5.41, 5.74) is 6.86. The smallest absolute Gasteiger partial charge is 0.164 e. The molecule has 0 saturated carbocycles. The zero-order chi connectivity index (χ0) is 13.8. The number of hydrogen-bond acceptors (Lipinski definition) is 1. The van der Waals surface area contributed by atoms with Crippen LogP contribution < -0.4 is 0 Å². The number of Topliss-reactive ketones (excluding diaryl/α,β-unsaturated/α-hetero) is 1. The molecule has 0 aromatic heterocycles. The van der Waals surface area contributed by atoms with Gasteiger partial charge in [0.1, 0.15) is 0 Å². The van der Waals surface area contributed by atoms with Crippen molar-refractivity contribution in [3.05, 3.63) is 33.9 Å². The summed E-state index contributed by atoms with van der Waals surface area (Å²) in [6.45, 7) is 8.99. The monoisotopic (exact) mass is 256 g/mol. The summed E-state index contributed by atoms with van der Waals surface area (Å²) in [5, 5.41) is 0. The highest BCUT2D eigenvalue weighted by molar-refractivity contribution is 6.03. The number of fused-ring (bicyclic) bond motifs is 3. The Balaban J connectivity index is 2.23. The van der Waals surface area contributed by atoms with Gasteiger partial charge in [0.15, 0.2) is 5.78 Å². The van der Waals surface area contributed by atoms with Gasteiger partial charge in [-0.05, 0) is 66.2 Å². The fraction of sp³-hybridized carbons (Fsp3) is 0.611. The third-order valence-electron chi connectivity index (χ3n) is 4.96. The largest absolute Gasteiger partial charge is 0.294 e. The van der Waals surface area contributed by atoms with E-state index in [4.69, 9.17) is 0 Å². The van der Waals surface area contributed by atoms with Crippen LogP contribution in [0, 0.1) is 12.3 Å². The highest BCUT2D eigenvalue weighted by atomic mass is 16.1. The number of hydrogen-bond donors (Lipinski definition) is 0. The fourth-order valence-electron chi connectivity index (χ4n) is 3.97. The van der Waals surface area contributed by atoms with Crippen molar-refractivity contribution in [3.8, 4) is 0 Å². The van der Waals surface area contributed by atoms with Crippen molar-refractivity contribution in [1.29, 1.82) is 0 Å². The van der Waals surface area contributed by atoms with Crippen LogP contribution in [0.4, 0.5) is 0 Å². The van der Waals surface area contributed by atoms with Gasteiger partial charge in [0, 0.05) is 12.0 Å². The first-order valence-electron chi connectivity index (χ1n) is 7.58. The Bertz CT molecular complexity index is 546. The number of aryl methyl sites for hydroxylation is 2. The Morgan fingerprint density at radius 3 is 2.53 bits per heavy atom. The van der Waals surface area contributed by atoms with Gasteiger partial charge in [-0.2, -0.15) is 0 Å². The molecule has 0 fully saturated rings. The number of carbonyl (C=O) groups is 1. The molecule has 19 heavy (non-hydrogen) atoms. The van der Waals surface area contributed by atoms with Gasteiger partial charge in [-0.15, -0.1) is 0 Å². The maximum atomic E-state index is 12.5. The summed E-state index contributed by atoms with van der Waals surface area (Å²) >= 11 is 0. The van der Waals surface area contributed by atoms with Gasteiger partial charge in [0.25, 0.3) is 0 Å². The minimum Gasteiger partial charge on any atom is -0.294 e. The van der Waals surface area contributed by atoms with Gasteiger partial charge >= 0.3 is 0 Å². The molecule has 102 valence electrons. The van der Waals surface area contributed by atoms with Crippen LogP contribution in [0.3, 0.4) is 0 Å². The van der Waals surface area contributed by atoms with E-state index in [-0.39, 0.29) is 5.41 Å². The lowest BCUT2D eigenvalue weighted by Gasteiger charge is -2.29. The molecule has 0 radical (unpaired) electrons. The van der Waals surface area contributed by atoms with Crippen LogP contribution in [0.25, 0.3) is 0 Å². The quantitative estimate of drug-likeness (QED) is 0.663. The first-order valence-corrected chi connectivity index (χ1v) is 7.58. The zero-order valence-electron chi connectivity index (χ0n) is 12.6. The molecular formula is C18H24O. The minimum atomic E-state index is 0.175. The molecule has 0 heterocycles. The van der Waals surface area contributed by atoms with E-state index in [1.54, 1.807) is 0 Å². The average Bonchev–Trinajstić information content (AvgIpc) is 2.68. The molecule has 0 saturated heterocycles. The molecule has 2 aliphatic carbocycles. The molecular weight excluding hydrogens is 232 g/mol. The summed E-state index contributed by atoms with van der Waals surface area (Å²) < 4.78 is 0. The second-order valence-electron chi connectivity index (χ2n) is 7.37. The van der Waals surface area contributed by atoms with Gasteiger partial charge in [0.05, 0.1) is 0 Å². The Kier molecular flexibility index (Phi) is 2.85. The topological polar surface area (TPSA) is 17.1 Å². The van der Waals surface area contributed by atoms with E-state index in [1.165, 1.54) is 35.1 Å². The van der Waals surface area contributed by atoms with E-state index in [2.05, 4.69) is 33.8 Å². The third kappa shape index (κ3) is 1.94. The Morgan fingerprint density at radius 2 is 1.84 bits per heavy atom. The maximum Gasteiger partial charge on any atom is 0.164 e. The molecule has 1 aromatic rings. The van der Waals surface area contributed by atoms with E-state index in [0.717, 1.165) is 24.8 Å². The Hall–Kier alpha value is -1.11. The molecule has 0 spiro atoms. The molecule has 0 N–H and O–H groups in total. The van der Waals surface area contributed by atoms with Crippen molar-refractivity contribution in [2.45, 2.75) is 65.7 Å². The molecule has 0 amide bonds. The van der Waals surface area contributed by atoms with Gasteiger partial charge in [-0.3, -0.25) is 4.79 Å². The van der Waals surface area contributed by atoms with E-state index in [1.807, 2.05) is 0 Å². The standard InChI is InChI=1S/C18H24O/c1-11-9-12-7-5-6-8-13(12)17-15(19)10-14(16(11)17)18(2,3)4/h9,14H,5-8,10H2,1-4H3. The summed E-state index contributed by atoms with van der Waals surface area (Å²) in [6, 6.07) is 2.37. The van der Waals surface area contributed by atoms with Crippen LogP contribution in [0.15, 0.2) is 6.07 Å². The number of ketones is 1. The fourth-order valence-corrected chi connectivity index (χ4v) is 3.97. The third-order valence-corrected chi connectivity index (χ3v) is 4.96. The average molecular weight is 256 g/mol. The zero-order valence-corrected chi connectivity index (χ0v) is 12.6. The van der Waals surface area contributed by atoms with Crippen LogP contribution in [0.2, 0.25) is 0 Å². The normalized spacial score (nSPS) is 22.3. The van der Waals surface area contributed by atoms with Crippen molar-refractivity contribution < 1.29 is 4.79 Å². The predicted molar refractivity (Wildman–Crippen MR) is 79.0 cm³/mol. The molecule has 3 rings (SSSR count). The van der Waals surface area contributed by atoms with Crippen molar-refractivity contribution in [3.63, 3.8) is 0 Å². The molecule has 1 unspecified atom stereocenters. The molecule has 1 nitrogen and oxygen atoms in total. The Labute approximate surface area is 116 Å². The van der Waals surface area contributed by atoms with Gasteiger partial charge < -0.3 is 0 Å². The summed E-state index contributed by atoms with van der Waals surface area (Å²) in [5.74, 6) is 0.805. The lowest BCUT2D eigenvalue weighted by molar-refractivity contribution is 0.0974.